The third-order valence-electron chi connectivity index (χ3n) is 2.39. The number of aromatic nitrogens is 1. The lowest BCUT2D eigenvalue weighted by molar-refractivity contribution is -0.127. The minimum atomic E-state index is -0.852. The normalized spacial score (nSPS) is 11.5. The van der Waals surface area contributed by atoms with E-state index in [0.29, 0.717) is 5.82 Å². The maximum absolute atomic E-state index is 11.9. The monoisotopic (exact) mass is 302 g/mol. The number of pyridine rings is 1. The highest BCUT2D eigenvalue weighted by Crippen LogP contribution is 2.10. The lowest BCUT2D eigenvalue weighted by atomic mass is 10.2. The summed E-state index contributed by atoms with van der Waals surface area (Å²) in [5.41, 5.74) is 8.83. The average molecular weight is 302 g/mol. The van der Waals surface area contributed by atoms with Crippen molar-refractivity contribution >= 4 is 23.8 Å². The summed E-state index contributed by atoms with van der Waals surface area (Å²) in [7, 11) is 0. The number of imide groups is 1. The van der Waals surface area contributed by atoms with E-state index in [1.165, 1.54) is 6.92 Å². The Balaban J connectivity index is 2.87. The van der Waals surface area contributed by atoms with Gasteiger partial charge < -0.3 is 5.11 Å². The molecule has 2 amide bonds. The predicted molar refractivity (Wildman–Crippen MR) is 79.6 cm³/mol. The van der Waals surface area contributed by atoms with Gasteiger partial charge in [0.2, 0.25) is 5.91 Å². The molecule has 0 aliphatic rings. The molecular formula is C13H14N6O3. The van der Waals surface area contributed by atoms with Gasteiger partial charge in [-0.1, -0.05) is 5.11 Å². The van der Waals surface area contributed by atoms with Gasteiger partial charge >= 0.3 is 0 Å². The molecular weight excluding hydrogens is 288 g/mol. The molecule has 1 rings (SSSR count). The Morgan fingerprint density at radius 1 is 1.55 bits per heavy atom. The van der Waals surface area contributed by atoms with E-state index >= 15 is 0 Å². The summed E-state index contributed by atoms with van der Waals surface area (Å²) in [6, 6.07) is 3.47. The average Bonchev–Trinajstić information content (AvgIpc) is 2.45. The van der Waals surface area contributed by atoms with Crippen LogP contribution in [0.1, 0.15) is 12.5 Å². The van der Waals surface area contributed by atoms with E-state index in [-0.39, 0.29) is 11.3 Å². The van der Waals surface area contributed by atoms with Crippen LogP contribution >= 0.6 is 0 Å². The van der Waals surface area contributed by atoms with Gasteiger partial charge in [-0.05, 0) is 37.1 Å². The summed E-state index contributed by atoms with van der Waals surface area (Å²) >= 11 is 0. The smallest absolute Gasteiger partial charge is 0.262 e. The quantitative estimate of drug-likeness (QED) is 0.214. The number of aliphatic imine (C=N–C) groups is 1. The fraction of sp³-hybridized carbons (Fsp3) is 0.231. The van der Waals surface area contributed by atoms with Gasteiger partial charge in [0.05, 0.1) is 5.57 Å². The third kappa shape index (κ3) is 5.43. The number of allylic oxidation sites excluding steroid dienone is 1. The number of carbonyl (C=O) groups is 2. The molecule has 9 nitrogen and oxygen atoms in total. The summed E-state index contributed by atoms with van der Waals surface area (Å²) in [6.45, 7) is 2.62. The zero-order valence-corrected chi connectivity index (χ0v) is 12.0. The van der Waals surface area contributed by atoms with Crippen LogP contribution in [-0.2, 0) is 9.59 Å². The summed E-state index contributed by atoms with van der Waals surface area (Å²) in [6.07, 6.45) is 2.66. The molecule has 1 aromatic heterocycles. The Labute approximate surface area is 126 Å². The van der Waals surface area contributed by atoms with Crippen LogP contribution in [0, 0.1) is 6.92 Å². The van der Waals surface area contributed by atoms with E-state index in [0.717, 1.165) is 11.8 Å². The zero-order chi connectivity index (χ0) is 16.5. The number of nitrogens with one attached hydrogen (secondary N) is 1. The molecule has 1 aromatic rings. The van der Waals surface area contributed by atoms with E-state index < -0.39 is 18.4 Å². The van der Waals surface area contributed by atoms with Gasteiger partial charge in [-0.25, -0.2) is 9.98 Å². The minimum absolute atomic E-state index is 0.197. The molecule has 0 saturated carbocycles. The van der Waals surface area contributed by atoms with Crippen molar-refractivity contribution < 1.29 is 14.7 Å². The molecule has 0 aromatic carbocycles. The van der Waals surface area contributed by atoms with Crippen molar-refractivity contribution in [3.8, 4) is 0 Å². The largest absolute Gasteiger partial charge is 0.512 e. The fourth-order valence-corrected chi connectivity index (χ4v) is 1.37. The van der Waals surface area contributed by atoms with E-state index in [4.69, 9.17) is 5.53 Å². The number of aliphatic hydroxyl groups excluding tert-OH is 1. The first-order valence-corrected chi connectivity index (χ1v) is 6.15. The lowest BCUT2D eigenvalue weighted by Gasteiger charge is -2.04. The predicted octanol–water partition coefficient (Wildman–Crippen LogP) is 1.88. The van der Waals surface area contributed by atoms with Gasteiger partial charge in [-0.15, -0.1) is 0 Å². The van der Waals surface area contributed by atoms with Crippen molar-refractivity contribution in [3.63, 3.8) is 0 Å². The van der Waals surface area contributed by atoms with Crippen molar-refractivity contribution in [2.45, 2.75) is 13.8 Å². The molecule has 0 saturated heterocycles. The second-order valence-electron chi connectivity index (χ2n) is 4.21. The molecule has 22 heavy (non-hydrogen) atoms. The van der Waals surface area contributed by atoms with Gasteiger partial charge in [0, 0.05) is 17.3 Å². The molecule has 0 atom stereocenters. The number of hydrogen-bond acceptors (Lipinski definition) is 6. The highest BCUT2D eigenvalue weighted by Gasteiger charge is 2.14. The van der Waals surface area contributed by atoms with Crippen molar-refractivity contribution in [1.82, 2.24) is 10.3 Å². The van der Waals surface area contributed by atoms with Crippen LogP contribution in [0.3, 0.4) is 0 Å². The Morgan fingerprint density at radius 2 is 2.27 bits per heavy atom. The first-order valence-electron chi connectivity index (χ1n) is 6.15. The number of rotatable bonds is 5. The lowest BCUT2D eigenvalue weighted by Crippen LogP contribution is -2.34. The van der Waals surface area contributed by atoms with E-state index in [1.54, 1.807) is 18.3 Å². The van der Waals surface area contributed by atoms with E-state index in [1.807, 2.05) is 12.2 Å². The molecule has 9 heteroatoms. The summed E-state index contributed by atoms with van der Waals surface area (Å²) in [5, 5.41) is 14.5. The second kappa shape index (κ2) is 8.18. The third-order valence-corrected chi connectivity index (χ3v) is 2.39. The van der Waals surface area contributed by atoms with Crippen molar-refractivity contribution in [2.24, 2.45) is 10.1 Å². The highest BCUT2D eigenvalue weighted by atomic mass is 16.3. The highest BCUT2D eigenvalue weighted by molar-refractivity contribution is 6.17. The molecule has 1 heterocycles. The molecule has 0 spiro atoms. The molecule has 114 valence electrons. The number of azide groups is 1. The van der Waals surface area contributed by atoms with Gasteiger partial charge in [-0.3, -0.25) is 14.9 Å². The summed E-state index contributed by atoms with van der Waals surface area (Å²) in [5.74, 6) is -1.60. The molecule has 0 fully saturated rings. The zero-order valence-electron chi connectivity index (χ0n) is 12.0. The minimum Gasteiger partial charge on any atom is -0.512 e. The van der Waals surface area contributed by atoms with Crippen LogP contribution in [0.25, 0.3) is 10.4 Å². The van der Waals surface area contributed by atoms with Crippen LogP contribution in [0.5, 0.6) is 0 Å². The second-order valence-corrected chi connectivity index (χ2v) is 4.21. The molecule has 0 radical (unpaired) electrons. The number of hydrogen-bond donors (Lipinski definition) is 2. The Kier molecular flexibility index (Phi) is 6.27. The molecule has 2 N–H and O–H groups in total. The van der Waals surface area contributed by atoms with E-state index in [9.17, 15) is 14.7 Å². The van der Waals surface area contributed by atoms with Crippen LogP contribution < -0.4 is 5.32 Å². The Hall–Kier alpha value is -3.19. The van der Waals surface area contributed by atoms with Gasteiger partial charge in [0.25, 0.3) is 5.91 Å². The first-order chi connectivity index (χ1) is 10.4. The van der Waals surface area contributed by atoms with Gasteiger partial charge in [0.1, 0.15) is 12.3 Å². The van der Waals surface area contributed by atoms with Crippen LogP contribution in [-0.4, -0.2) is 34.7 Å². The number of aliphatic hydroxyl groups is 1. The van der Waals surface area contributed by atoms with Crippen molar-refractivity contribution in [3.05, 3.63) is 45.7 Å². The topological polar surface area (TPSA) is 140 Å². The van der Waals surface area contributed by atoms with Crippen molar-refractivity contribution in [1.29, 1.82) is 0 Å². The molecule has 0 aliphatic heterocycles. The standard InChI is InChI=1S/C13H14N6O3/c1-8-3-4-15-11(5-8)16-6-10(9(2)20)13(22)18-12(21)7-17-19-14/h3-6,20H,7H2,1-2H3,(H,18,21,22)/b10-9+,16-6?. The van der Waals surface area contributed by atoms with Crippen LogP contribution in [0.2, 0.25) is 0 Å². The maximum atomic E-state index is 11.9. The van der Waals surface area contributed by atoms with Gasteiger partial charge in [-0.2, -0.15) is 0 Å². The summed E-state index contributed by atoms with van der Waals surface area (Å²) < 4.78 is 0. The number of carbonyl (C=O) groups excluding carboxylic acids is 2. The van der Waals surface area contributed by atoms with E-state index in [2.05, 4.69) is 20.0 Å². The van der Waals surface area contributed by atoms with Crippen molar-refractivity contribution in [2.75, 3.05) is 6.54 Å². The molecule has 0 bridgehead atoms. The Bertz CT molecular complexity index is 685. The summed E-state index contributed by atoms with van der Waals surface area (Å²) in [4.78, 5) is 33.5. The van der Waals surface area contributed by atoms with Gasteiger partial charge in [0.15, 0.2) is 5.82 Å². The number of nitrogens with zero attached hydrogens (tertiary/aromatic N) is 5. The van der Waals surface area contributed by atoms with Crippen LogP contribution in [0.4, 0.5) is 5.82 Å². The van der Waals surface area contributed by atoms with Crippen LogP contribution in [0.15, 0.2) is 39.8 Å². The number of aryl methyl sites for hydroxylation is 1. The fourth-order valence-electron chi connectivity index (χ4n) is 1.37. The molecule has 0 aliphatic carbocycles. The first kappa shape index (κ1) is 16.9. The molecule has 0 unspecified atom stereocenters. The number of amides is 2. The Morgan fingerprint density at radius 3 is 2.86 bits per heavy atom. The maximum Gasteiger partial charge on any atom is 0.262 e. The SMILES string of the molecule is C/C(O)=C(/C=Nc1cc(C)ccn1)C(=O)NC(=O)CN=[N+]=[N-].